The molecule has 0 radical (unpaired) electrons. The van der Waals surface area contributed by atoms with Gasteiger partial charge in [-0.05, 0) is 172 Å². The van der Waals surface area contributed by atoms with Gasteiger partial charge in [0.2, 0.25) is 0 Å². The second-order valence-corrected chi connectivity index (χ2v) is 20.5. The van der Waals surface area contributed by atoms with E-state index in [1.165, 1.54) is 241 Å². The fourth-order valence-electron chi connectivity index (χ4n) is 14.8. The number of rotatable bonds is 8. The predicted molar refractivity (Wildman–Crippen MR) is 223 cm³/mol. The lowest BCUT2D eigenvalue weighted by atomic mass is 9.66. The lowest BCUT2D eigenvalue weighted by molar-refractivity contribution is -0.114. The lowest BCUT2D eigenvalue weighted by Crippen LogP contribution is -2.25. The molecule has 0 N–H and O–H groups in total. The Bertz CT molecular complexity index is 1370. The van der Waals surface area contributed by atoms with Crippen LogP contribution in [-0.2, 0) is 9.59 Å². The van der Waals surface area contributed by atoms with E-state index < -0.39 is 0 Å². The minimum absolute atomic E-state index is 0.505. The van der Waals surface area contributed by atoms with Gasteiger partial charge in [-0.3, -0.25) is 9.59 Å². The van der Waals surface area contributed by atoms with Crippen LogP contribution in [-0.4, -0.2) is 11.6 Å². The van der Waals surface area contributed by atoms with Crippen molar-refractivity contribution in [1.82, 2.24) is 0 Å². The van der Waals surface area contributed by atoms with Crippen molar-refractivity contribution in [2.24, 2.45) is 47.3 Å². The topological polar surface area (TPSA) is 34.1 Å². The van der Waals surface area contributed by atoms with Gasteiger partial charge < -0.3 is 0 Å². The molecule has 2 heteroatoms. The Kier molecular flexibility index (Phi) is 12.2. The Morgan fingerprint density at radius 3 is 0.519 bits per heavy atom. The molecule has 0 saturated heterocycles. The van der Waals surface area contributed by atoms with Gasteiger partial charge in [0.1, 0.15) is 0 Å². The summed E-state index contributed by atoms with van der Waals surface area (Å²) < 4.78 is 0. The molecule has 0 unspecified atom stereocenters. The largest absolute Gasteiger partial charge is 0.289 e. The second-order valence-electron chi connectivity index (χ2n) is 20.5. The molecule has 0 spiro atoms. The van der Waals surface area contributed by atoms with E-state index in [4.69, 9.17) is 0 Å². The van der Waals surface area contributed by atoms with Gasteiger partial charge in [0.15, 0.2) is 11.6 Å². The molecule has 9 aliphatic carbocycles. The third kappa shape index (κ3) is 7.43. The summed E-state index contributed by atoms with van der Waals surface area (Å²) in [6.07, 6.45) is 44.3. The third-order valence-corrected chi connectivity index (χ3v) is 17.3. The van der Waals surface area contributed by atoms with Crippen molar-refractivity contribution >= 4 is 11.6 Å². The fourth-order valence-corrected chi connectivity index (χ4v) is 14.8. The fraction of sp³-hybridized carbons (Fsp3) is 0.808. The minimum Gasteiger partial charge on any atom is -0.289 e. The number of carbonyl (C=O) groups excluding carboxylic acids is 2. The highest BCUT2D eigenvalue weighted by Gasteiger charge is 2.48. The van der Waals surface area contributed by atoms with Gasteiger partial charge in [0, 0.05) is 22.3 Å². The number of Topliss-reactive ketones (excluding diaryl/α,β-unsaturated/α-hetero) is 2. The quantitative estimate of drug-likeness (QED) is 0.249. The highest BCUT2D eigenvalue weighted by Crippen LogP contribution is 2.57. The van der Waals surface area contributed by atoms with E-state index in [1.54, 1.807) is 22.3 Å². The minimum atomic E-state index is 0.505. The van der Waals surface area contributed by atoms with Gasteiger partial charge in [0.05, 0.1) is 0 Å². The van der Waals surface area contributed by atoms with Gasteiger partial charge in [-0.2, -0.15) is 0 Å². The van der Waals surface area contributed by atoms with Crippen LogP contribution in [0.4, 0.5) is 0 Å². The molecule has 0 aromatic heterocycles. The summed E-state index contributed by atoms with van der Waals surface area (Å²) in [6, 6.07) is 0. The zero-order valence-electron chi connectivity index (χ0n) is 34.5. The second kappa shape index (κ2) is 17.4. The summed E-state index contributed by atoms with van der Waals surface area (Å²) in [7, 11) is 0. The normalized spacial score (nSPS) is 31.9. The zero-order valence-corrected chi connectivity index (χ0v) is 34.5. The van der Waals surface area contributed by atoms with Crippen molar-refractivity contribution in [2.75, 3.05) is 0 Å². The molecule has 0 aromatic rings. The molecule has 7 saturated carbocycles. The number of carbonyl (C=O) groups is 2. The summed E-state index contributed by atoms with van der Waals surface area (Å²) in [6.45, 7) is 0. The van der Waals surface area contributed by atoms with E-state index in [0.717, 1.165) is 0 Å². The van der Waals surface area contributed by atoms with Crippen LogP contribution < -0.4 is 0 Å². The van der Waals surface area contributed by atoms with E-state index >= 15 is 9.59 Å². The predicted octanol–water partition coefficient (Wildman–Crippen LogP) is 14.6. The Morgan fingerprint density at radius 2 is 0.333 bits per heavy atom. The lowest BCUT2D eigenvalue weighted by Gasteiger charge is -2.38. The molecule has 0 aliphatic heterocycles. The zero-order chi connectivity index (χ0) is 36.4. The Labute approximate surface area is 330 Å². The number of hydrogen-bond acceptors (Lipinski definition) is 2. The van der Waals surface area contributed by atoms with Gasteiger partial charge in [-0.1, -0.05) is 116 Å². The van der Waals surface area contributed by atoms with Crippen LogP contribution >= 0.6 is 0 Å². The van der Waals surface area contributed by atoms with E-state index in [-0.39, 0.29) is 0 Å². The molecule has 0 amide bonds. The van der Waals surface area contributed by atoms with E-state index in [9.17, 15) is 0 Å². The summed E-state index contributed by atoms with van der Waals surface area (Å²) in [4.78, 5) is 30.4. The van der Waals surface area contributed by atoms with Gasteiger partial charge in [-0.15, -0.1) is 0 Å². The molecule has 0 atom stereocenters. The molecule has 2 nitrogen and oxygen atoms in total. The van der Waals surface area contributed by atoms with Gasteiger partial charge in [0.25, 0.3) is 0 Å². The molecular weight excluding hydrogens is 657 g/mol. The van der Waals surface area contributed by atoms with Crippen molar-refractivity contribution in [1.29, 1.82) is 0 Å². The first-order valence-corrected chi connectivity index (χ1v) is 24.7. The Morgan fingerprint density at radius 1 is 0.185 bits per heavy atom. The van der Waals surface area contributed by atoms with Crippen molar-refractivity contribution < 1.29 is 9.59 Å². The smallest absolute Gasteiger partial charge is 0.186 e. The molecule has 0 bridgehead atoms. The Hall–Kier alpha value is -1.70. The van der Waals surface area contributed by atoms with Crippen LogP contribution in [0.15, 0.2) is 44.6 Å². The van der Waals surface area contributed by atoms with Crippen LogP contribution in [0, 0.1) is 47.3 Å². The van der Waals surface area contributed by atoms with Crippen molar-refractivity contribution in [3.8, 4) is 0 Å². The van der Waals surface area contributed by atoms with Crippen molar-refractivity contribution in [2.45, 2.75) is 218 Å². The number of allylic oxidation sites excluding steroid dienone is 8. The van der Waals surface area contributed by atoms with E-state index in [1.807, 2.05) is 0 Å². The first-order chi connectivity index (χ1) is 26.7. The van der Waals surface area contributed by atoms with Crippen LogP contribution in [0.3, 0.4) is 0 Å². The first kappa shape index (κ1) is 37.9. The third-order valence-electron chi connectivity index (χ3n) is 17.3. The van der Waals surface area contributed by atoms with Crippen LogP contribution in [0.5, 0.6) is 0 Å². The monoisotopic (exact) mass is 733 g/mol. The van der Waals surface area contributed by atoms with Gasteiger partial charge >= 0.3 is 0 Å². The molecule has 7 fully saturated rings. The van der Waals surface area contributed by atoms with E-state index in [0.29, 0.717) is 58.9 Å². The molecule has 0 heterocycles. The molecule has 296 valence electrons. The standard InChI is InChI=1S/C52H76O2/c53-51-47(37-23-11-3-12-24-37)43(35-19-7-1-8-20-35)45(49(51)39-27-15-5-16-28-39)41-31-33-42(34-32-41)46-44(36-21-9-2-10-22-36)48(38-25-13-4-14-26-38)52(54)50(46)40-29-17-6-18-30-40/h35-42H,1-34H2. The number of ketones is 2. The summed E-state index contributed by atoms with van der Waals surface area (Å²) in [5.41, 5.74) is 12.2. The SMILES string of the molecule is O=C1C(C2CCCCC2)=C(C2CCCCC2)C(C2CCC(C3=C(C4CCCCC4)C(=O)C(C4CCCCC4)=C3C3CCCCC3)CC2)=C1C1CCCCC1. The van der Waals surface area contributed by atoms with Crippen LogP contribution in [0.1, 0.15) is 218 Å². The average Bonchev–Trinajstić information content (AvgIpc) is 3.73. The summed E-state index contributed by atoms with van der Waals surface area (Å²) in [5.74, 6) is 5.53. The molecule has 9 rings (SSSR count). The molecule has 54 heavy (non-hydrogen) atoms. The highest BCUT2D eigenvalue weighted by atomic mass is 16.1. The average molecular weight is 733 g/mol. The first-order valence-electron chi connectivity index (χ1n) is 24.7. The maximum atomic E-state index is 15.2. The molecule has 0 aromatic carbocycles. The van der Waals surface area contributed by atoms with Gasteiger partial charge in [-0.25, -0.2) is 0 Å². The summed E-state index contributed by atoms with van der Waals surface area (Å²) in [5, 5.41) is 0. The Balaban J connectivity index is 1.09. The highest BCUT2D eigenvalue weighted by molar-refractivity contribution is 6.15. The van der Waals surface area contributed by atoms with Crippen LogP contribution in [0.2, 0.25) is 0 Å². The number of hydrogen-bond donors (Lipinski definition) is 0. The molecular formula is C52H76O2. The van der Waals surface area contributed by atoms with Crippen molar-refractivity contribution in [3.63, 3.8) is 0 Å². The van der Waals surface area contributed by atoms with E-state index in [2.05, 4.69) is 0 Å². The maximum absolute atomic E-state index is 15.2. The van der Waals surface area contributed by atoms with Crippen LogP contribution in [0.25, 0.3) is 0 Å². The maximum Gasteiger partial charge on any atom is 0.186 e. The van der Waals surface area contributed by atoms with Crippen molar-refractivity contribution in [3.05, 3.63) is 44.6 Å². The summed E-state index contributed by atoms with van der Waals surface area (Å²) >= 11 is 0. The molecule has 9 aliphatic rings.